The monoisotopic (exact) mass is 138 g/mol. The molecule has 0 bridgehead atoms. The molecule has 0 fully saturated rings. The Morgan fingerprint density at radius 2 is 1.80 bits per heavy atom. The first-order valence-corrected chi connectivity index (χ1v) is 2.79. The van der Waals surface area contributed by atoms with Crippen LogP contribution >= 0.6 is 0 Å². The number of anilines is 1. The van der Waals surface area contributed by atoms with Gasteiger partial charge in [-0.25, -0.2) is 4.79 Å². The lowest BCUT2D eigenvalue weighted by Gasteiger charge is -1.93. The summed E-state index contributed by atoms with van der Waals surface area (Å²) in [6.07, 6.45) is 0. The van der Waals surface area contributed by atoms with E-state index in [1.165, 1.54) is 12.1 Å². The number of nitrogen functional groups attached to an aromatic ring is 1. The molecule has 1 rings (SSSR count). The van der Waals surface area contributed by atoms with E-state index in [9.17, 15) is 4.79 Å². The highest BCUT2D eigenvalue weighted by Gasteiger charge is 1.98. The molecule has 0 amide bonds. The van der Waals surface area contributed by atoms with Crippen molar-refractivity contribution in [2.24, 2.45) is 0 Å². The number of hydrogen-bond donors (Lipinski definition) is 2. The fourth-order valence-corrected chi connectivity index (χ4v) is 0.626. The zero-order valence-corrected chi connectivity index (χ0v) is 5.24. The van der Waals surface area contributed by atoms with E-state index in [2.05, 4.69) is 0 Å². The van der Waals surface area contributed by atoms with Crippen molar-refractivity contribution in [2.75, 3.05) is 5.73 Å². The van der Waals surface area contributed by atoms with Crippen molar-refractivity contribution in [2.45, 2.75) is 0 Å². The highest BCUT2D eigenvalue weighted by molar-refractivity contribution is 5.87. The maximum atomic E-state index is 10.3. The molecule has 3 nitrogen and oxygen atoms in total. The molecule has 0 spiro atoms. The van der Waals surface area contributed by atoms with Gasteiger partial charge in [0.1, 0.15) is 0 Å². The van der Waals surface area contributed by atoms with Gasteiger partial charge in [0.05, 0.1) is 5.56 Å². The van der Waals surface area contributed by atoms with Crippen LogP contribution in [0.25, 0.3) is 0 Å². The SMILES string of the molecule is [15NH2]c1ccc(C(=O)O)cc1. The van der Waals surface area contributed by atoms with Crippen molar-refractivity contribution in [3.63, 3.8) is 0 Å². The minimum absolute atomic E-state index is 0.259. The van der Waals surface area contributed by atoms with E-state index in [0.717, 1.165) is 0 Å². The summed E-state index contributed by atoms with van der Waals surface area (Å²) in [4.78, 5) is 10.3. The van der Waals surface area contributed by atoms with Crippen molar-refractivity contribution in [3.05, 3.63) is 29.8 Å². The van der Waals surface area contributed by atoms with Crippen LogP contribution in [0, 0.1) is 0 Å². The first-order valence-electron chi connectivity index (χ1n) is 2.79. The molecule has 0 aliphatic carbocycles. The van der Waals surface area contributed by atoms with Crippen molar-refractivity contribution < 1.29 is 9.90 Å². The normalized spacial score (nSPS) is 9.20. The molecule has 0 aromatic heterocycles. The number of benzene rings is 1. The summed E-state index contributed by atoms with van der Waals surface area (Å²) in [5.41, 5.74) is 6.17. The minimum Gasteiger partial charge on any atom is -0.478 e. The van der Waals surface area contributed by atoms with E-state index in [1.54, 1.807) is 12.1 Å². The second-order valence-corrected chi connectivity index (χ2v) is 1.93. The van der Waals surface area contributed by atoms with E-state index in [4.69, 9.17) is 10.8 Å². The van der Waals surface area contributed by atoms with Crippen LogP contribution in [0.4, 0.5) is 5.69 Å². The van der Waals surface area contributed by atoms with Crippen LogP contribution < -0.4 is 5.73 Å². The summed E-state index contributed by atoms with van der Waals surface area (Å²) in [5.74, 6) is -0.931. The quantitative estimate of drug-likeness (QED) is 0.449. The molecule has 0 atom stereocenters. The van der Waals surface area contributed by atoms with Gasteiger partial charge in [-0.2, -0.15) is 0 Å². The summed E-state index contributed by atoms with van der Waals surface area (Å²) in [5, 5.41) is 8.43. The molecule has 52 valence electrons. The Bertz CT molecular complexity index is 240. The van der Waals surface area contributed by atoms with Gasteiger partial charge in [-0.15, -0.1) is 0 Å². The molecular weight excluding hydrogens is 131 g/mol. The maximum Gasteiger partial charge on any atom is 0.335 e. The molecule has 0 saturated carbocycles. The summed E-state index contributed by atoms with van der Waals surface area (Å²) >= 11 is 0. The molecule has 1 aromatic carbocycles. The Morgan fingerprint density at radius 3 is 2.20 bits per heavy atom. The van der Waals surface area contributed by atoms with Gasteiger partial charge >= 0.3 is 5.97 Å². The molecule has 3 heteroatoms. The van der Waals surface area contributed by atoms with Crippen LogP contribution in [0.1, 0.15) is 10.4 Å². The largest absolute Gasteiger partial charge is 0.478 e. The summed E-state index contributed by atoms with van der Waals surface area (Å²) < 4.78 is 0. The molecule has 0 unspecified atom stereocenters. The predicted molar refractivity (Wildman–Crippen MR) is 37.8 cm³/mol. The average molecular weight is 138 g/mol. The number of carboxylic acid groups (broad SMARTS) is 1. The lowest BCUT2D eigenvalue weighted by atomic mass is 10.2. The molecule has 1 aromatic rings. The van der Waals surface area contributed by atoms with Crippen LogP contribution in [0.3, 0.4) is 0 Å². The number of rotatable bonds is 1. The third-order valence-corrected chi connectivity index (χ3v) is 1.16. The van der Waals surface area contributed by atoms with Crippen molar-refractivity contribution in [1.82, 2.24) is 0 Å². The van der Waals surface area contributed by atoms with Gasteiger partial charge in [0.2, 0.25) is 0 Å². The average Bonchev–Trinajstić information content (AvgIpc) is 1.88. The fraction of sp³-hybridized carbons (Fsp3) is 0. The molecule has 0 aliphatic heterocycles. The van der Waals surface area contributed by atoms with Gasteiger partial charge < -0.3 is 10.8 Å². The van der Waals surface area contributed by atoms with Gasteiger partial charge in [0.25, 0.3) is 0 Å². The first kappa shape index (κ1) is 6.61. The van der Waals surface area contributed by atoms with Gasteiger partial charge in [0, 0.05) is 5.69 Å². The third-order valence-electron chi connectivity index (χ3n) is 1.16. The Hall–Kier alpha value is -1.51. The molecule has 0 radical (unpaired) electrons. The number of carboxylic acids is 1. The van der Waals surface area contributed by atoms with Crippen LogP contribution in [-0.4, -0.2) is 11.1 Å². The predicted octanol–water partition coefficient (Wildman–Crippen LogP) is 0.967. The van der Waals surface area contributed by atoms with Gasteiger partial charge in [-0.1, -0.05) is 0 Å². The third kappa shape index (κ3) is 1.25. The second-order valence-electron chi connectivity index (χ2n) is 1.93. The van der Waals surface area contributed by atoms with Gasteiger partial charge in [0.15, 0.2) is 0 Å². The van der Waals surface area contributed by atoms with Gasteiger partial charge in [-0.3, -0.25) is 0 Å². The Kier molecular flexibility index (Phi) is 1.58. The van der Waals surface area contributed by atoms with E-state index in [0.29, 0.717) is 5.69 Å². The summed E-state index contributed by atoms with van der Waals surface area (Å²) in [6.45, 7) is 0. The van der Waals surface area contributed by atoms with E-state index in [1.807, 2.05) is 0 Å². The summed E-state index contributed by atoms with van der Waals surface area (Å²) in [7, 11) is 0. The minimum atomic E-state index is -0.931. The van der Waals surface area contributed by atoms with E-state index < -0.39 is 5.97 Å². The highest BCUT2D eigenvalue weighted by Crippen LogP contribution is 2.04. The molecule has 0 heterocycles. The smallest absolute Gasteiger partial charge is 0.335 e. The Labute approximate surface area is 58.1 Å². The molecule has 3 N–H and O–H groups in total. The molecular formula is C7H7NO2. The first-order chi connectivity index (χ1) is 4.70. The standard InChI is InChI=1S/C7H7NO2/c8-6-3-1-5(2-4-6)7(9)10/h1-4H,8H2,(H,9,10)/i8+1. The number of nitrogens with two attached hydrogens (primary N) is 1. The zero-order chi connectivity index (χ0) is 7.56. The molecule has 0 aliphatic rings. The van der Waals surface area contributed by atoms with Crippen molar-refractivity contribution in [1.29, 1.82) is 0 Å². The van der Waals surface area contributed by atoms with Crippen LogP contribution in [0.15, 0.2) is 24.3 Å². The van der Waals surface area contributed by atoms with Crippen molar-refractivity contribution >= 4 is 11.7 Å². The highest BCUT2D eigenvalue weighted by atomic mass is 16.4. The number of carbonyl (C=O) groups is 1. The van der Waals surface area contributed by atoms with Gasteiger partial charge in [-0.05, 0) is 24.3 Å². The number of aromatic carboxylic acids is 1. The second kappa shape index (κ2) is 2.39. The number of hydrogen-bond acceptors (Lipinski definition) is 2. The Morgan fingerprint density at radius 1 is 1.30 bits per heavy atom. The van der Waals surface area contributed by atoms with E-state index >= 15 is 0 Å². The van der Waals surface area contributed by atoms with Crippen molar-refractivity contribution in [3.8, 4) is 0 Å². The topological polar surface area (TPSA) is 63.3 Å². The molecule has 0 saturated heterocycles. The lowest BCUT2D eigenvalue weighted by Crippen LogP contribution is -1.95. The van der Waals surface area contributed by atoms with Crippen LogP contribution in [0.2, 0.25) is 0 Å². The maximum absolute atomic E-state index is 10.3. The van der Waals surface area contributed by atoms with Crippen LogP contribution in [-0.2, 0) is 0 Å². The van der Waals surface area contributed by atoms with E-state index in [-0.39, 0.29) is 5.56 Å². The van der Waals surface area contributed by atoms with Crippen LogP contribution in [0.5, 0.6) is 0 Å². The molecule has 10 heavy (non-hydrogen) atoms. The summed E-state index contributed by atoms with van der Waals surface area (Å²) in [6, 6.07) is 6.06. The lowest BCUT2D eigenvalue weighted by molar-refractivity contribution is 0.0697. The fourth-order valence-electron chi connectivity index (χ4n) is 0.626. The Balaban J connectivity index is 3.00. The zero-order valence-electron chi connectivity index (χ0n) is 5.24.